The van der Waals surface area contributed by atoms with Crippen LogP contribution in [0.4, 0.5) is 27.6 Å². The van der Waals surface area contributed by atoms with Gasteiger partial charge in [-0.1, -0.05) is 5.92 Å². The first-order valence-corrected chi connectivity index (χ1v) is 8.60. The molecule has 0 saturated heterocycles. The normalized spacial score (nSPS) is 14.9. The predicted octanol–water partition coefficient (Wildman–Crippen LogP) is 3.54. The van der Waals surface area contributed by atoms with E-state index in [1.807, 2.05) is 5.92 Å². The van der Waals surface area contributed by atoms with Crippen LogP contribution in [0.15, 0.2) is 12.1 Å². The van der Waals surface area contributed by atoms with Crippen LogP contribution in [-0.4, -0.2) is 25.7 Å². The maximum atomic E-state index is 14.7. The molecule has 1 heterocycles. The summed E-state index contributed by atoms with van der Waals surface area (Å²) in [6, 6.07) is 1.46. The van der Waals surface area contributed by atoms with Crippen molar-refractivity contribution in [3.63, 3.8) is 0 Å². The van der Waals surface area contributed by atoms with E-state index in [0.717, 1.165) is 6.07 Å². The Kier molecular flexibility index (Phi) is 5.18. The summed E-state index contributed by atoms with van der Waals surface area (Å²) in [6.45, 7) is 0.707. The number of rotatable bonds is 3. The van der Waals surface area contributed by atoms with Crippen LogP contribution >= 0.6 is 9.24 Å². The predicted molar refractivity (Wildman–Crippen MR) is 99.1 cm³/mol. The van der Waals surface area contributed by atoms with Gasteiger partial charge in [-0.05, 0) is 13.0 Å². The van der Waals surface area contributed by atoms with Crippen molar-refractivity contribution < 1.29 is 36.2 Å². The van der Waals surface area contributed by atoms with Crippen LogP contribution in [0.25, 0.3) is 11.1 Å². The minimum absolute atomic E-state index is 0.000339. The number of fused-ring (bicyclic) bond motifs is 1. The summed E-state index contributed by atoms with van der Waals surface area (Å²) in [6.07, 6.45) is 0.880. The summed E-state index contributed by atoms with van der Waals surface area (Å²) in [5, 5.41) is -0.000339. The number of halogens is 5. The molecule has 1 amide bonds. The van der Waals surface area contributed by atoms with Crippen LogP contribution in [0, 0.1) is 36.7 Å². The van der Waals surface area contributed by atoms with Crippen LogP contribution in [0.2, 0.25) is 0 Å². The van der Waals surface area contributed by atoms with Gasteiger partial charge < -0.3 is 9.47 Å². The highest BCUT2D eigenvalue weighted by atomic mass is 31.0. The fraction of sp³-hybridized carbons (Fsp3) is 0.211. The monoisotopic (exact) mass is 429 g/mol. The highest BCUT2D eigenvalue weighted by molar-refractivity contribution is 7.28. The number of nitrogens with zero attached hydrogens (tertiary/aromatic N) is 1. The second kappa shape index (κ2) is 7.20. The van der Waals surface area contributed by atoms with Gasteiger partial charge in [-0.3, -0.25) is 9.69 Å². The molecule has 2 aromatic carbocycles. The molecule has 29 heavy (non-hydrogen) atoms. The Balaban J connectivity index is 2.32. The van der Waals surface area contributed by atoms with E-state index in [1.54, 1.807) is 0 Å². The average molecular weight is 429 g/mol. The molecule has 0 aliphatic carbocycles. The zero-order valence-electron chi connectivity index (χ0n) is 15.1. The van der Waals surface area contributed by atoms with E-state index >= 15 is 0 Å². The molecule has 0 fully saturated rings. The smallest absolute Gasteiger partial charge is 0.483 e. The lowest BCUT2D eigenvalue weighted by Crippen LogP contribution is -2.51. The molecule has 152 valence electrons. The summed E-state index contributed by atoms with van der Waals surface area (Å²) < 4.78 is 80.7. The van der Waals surface area contributed by atoms with E-state index in [2.05, 4.69) is 14.0 Å². The maximum absolute atomic E-state index is 14.7. The third-order valence-electron chi connectivity index (χ3n) is 4.39. The van der Waals surface area contributed by atoms with Crippen molar-refractivity contribution in [3.8, 4) is 35.0 Å². The Morgan fingerprint density at radius 1 is 1.28 bits per heavy atom. The molecule has 0 saturated carbocycles. The standard InChI is InChI=1S/C19H13F5NO3P/c1-4-5-25-11-6-9(10(20)7-12(11)28-19(23,24)18(25)26)13-15(22)14(21)8(2)16(27-3)17(13)29/h1,6-7H,5,29H2,2-3H3. The van der Waals surface area contributed by atoms with Crippen molar-refractivity contribution in [2.75, 3.05) is 18.6 Å². The molecule has 1 aliphatic rings. The van der Waals surface area contributed by atoms with E-state index in [4.69, 9.17) is 11.2 Å². The number of hydrogen-bond acceptors (Lipinski definition) is 3. The molecule has 1 aliphatic heterocycles. The number of alkyl halides is 2. The fourth-order valence-corrected chi connectivity index (χ4v) is 3.68. The largest absolute Gasteiger partial charge is 0.496 e. The van der Waals surface area contributed by atoms with E-state index in [9.17, 15) is 26.7 Å². The molecule has 2 aromatic rings. The Labute approximate surface area is 164 Å². The highest BCUT2D eigenvalue weighted by Crippen LogP contribution is 2.44. The third-order valence-corrected chi connectivity index (χ3v) is 4.94. The van der Waals surface area contributed by atoms with E-state index in [1.165, 1.54) is 14.0 Å². The van der Waals surface area contributed by atoms with Crippen LogP contribution < -0.4 is 19.7 Å². The lowest BCUT2D eigenvalue weighted by atomic mass is 9.99. The lowest BCUT2D eigenvalue weighted by molar-refractivity contribution is -0.192. The molecular formula is C19H13F5NO3P. The zero-order chi connectivity index (χ0) is 21.7. The van der Waals surface area contributed by atoms with Crippen LogP contribution in [-0.2, 0) is 4.79 Å². The SMILES string of the molecule is C#CCN1C(=O)C(F)(F)Oc2cc(F)c(-c3c(F)c(F)c(C)c(OC)c3P)cc21. The van der Waals surface area contributed by atoms with Crippen LogP contribution in [0.5, 0.6) is 11.5 Å². The zero-order valence-corrected chi connectivity index (χ0v) is 16.2. The van der Waals surface area contributed by atoms with Gasteiger partial charge in [0, 0.05) is 28.1 Å². The van der Waals surface area contributed by atoms with E-state index in [0.29, 0.717) is 11.0 Å². The van der Waals surface area contributed by atoms with Gasteiger partial charge in [-0.25, -0.2) is 13.2 Å². The summed E-state index contributed by atoms with van der Waals surface area (Å²) in [5.41, 5.74) is -1.45. The van der Waals surface area contributed by atoms with Crippen molar-refractivity contribution in [1.29, 1.82) is 0 Å². The fourth-order valence-electron chi connectivity index (χ4n) is 3.06. The van der Waals surface area contributed by atoms with Crippen molar-refractivity contribution in [2.45, 2.75) is 13.0 Å². The van der Waals surface area contributed by atoms with Gasteiger partial charge in [0.1, 0.15) is 11.6 Å². The first kappa shape index (κ1) is 20.9. The van der Waals surface area contributed by atoms with Gasteiger partial charge in [-0.2, -0.15) is 8.78 Å². The number of benzene rings is 2. The summed E-state index contributed by atoms with van der Waals surface area (Å²) >= 11 is 0. The summed E-state index contributed by atoms with van der Waals surface area (Å²) in [5.74, 6) is -4.25. The van der Waals surface area contributed by atoms with Crippen LogP contribution in [0.3, 0.4) is 0 Å². The summed E-state index contributed by atoms with van der Waals surface area (Å²) in [7, 11) is 3.35. The molecule has 3 rings (SSSR count). The van der Waals surface area contributed by atoms with Crippen molar-refractivity contribution in [1.82, 2.24) is 0 Å². The van der Waals surface area contributed by atoms with Crippen LogP contribution in [0.1, 0.15) is 5.56 Å². The third kappa shape index (κ3) is 3.18. The maximum Gasteiger partial charge on any atom is 0.483 e. The molecular weight excluding hydrogens is 416 g/mol. The molecule has 10 heteroatoms. The molecule has 1 atom stereocenters. The second-order valence-corrected chi connectivity index (χ2v) is 6.67. The topological polar surface area (TPSA) is 38.8 Å². The second-order valence-electron chi connectivity index (χ2n) is 6.09. The van der Waals surface area contributed by atoms with E-state index in [-0.39, 0.29) is 22.3 Å². The molecule has 0 radical (unpaired) electrons. The molecule has 4 nitrogen and oxygen atoms in total. The number of methoxy groups -OCH3 is 1. The number of carbonyl (C=O) groups excluding carboxylic acids is 1. The number of carbonyl (C=O) groups is 1. The molecule has 1 unspecified atom stereocenters. The minimum Gasteiger partial charge on any atom is -0.496 e. The number of hydrogen-bond donors (Lipinski definition) is 0. The number of ether oxygens (including phenoxy) is 2. The van der Waals surface area contributed by atoms with Crippen molar-refractivity contribution in [2.24, 2.45) is 0 Å². The van der Waals surface area contributed by atoms with Gasteiger partial charge in [-0.15, -0.1) is 15.7 Å². The van der Waals surface area contributed by atoms with Gasteiger partial charge >= 0.3 is 12.0 Å². The first-order chi connectivity index (χ1) is 13.5. The quantitative estimate of drug-likeness (QED) is 0.426. The van der Waals surface area contributed by atoms with Crippen molar-refractivity contribution in [3.05, 3.63) is 35.1 Å². The average Bonchev–Trinajstić information content (AvgIpc) is 2.65. The first-order valence-electron chi connectivity index (χ1n) is 8.02. The molecule has 0 N–H and O–H groups in total. The Hall–Kier alpha value is -2.85. The molecule has 0 aromatic heterocycles. The Morgan fingerprint density at radius 2 is 1.93 bits per heavy atom. The van der Waals surface area contributed by atoms with Gasteiger partial charge in [0.15, 0.2) is 17.4 Å². The van der Waals surface area contributed by atoms with Gasteiger partial charge in [0.05, 0.1) is 19.3 Å². The van der Waals surface area contributed by atoms with Gasteiger partial charge in [0.2, 0.25) is 0 Å². The number of terminal acetylenes is 1. The highest BCUT2D eigenvalue weighted by Gasteiger charge is 2.50. The summed E-state index contributed by atoms with van der Waals surface area (Å²) in [4.78, 5) is 12.5. The number of amides is 1. The number of anilines is 1. The Morgan fingerprint density at radius 3 is 2.52 bits per heavy atom. The lowest BCUT2D eigenvalue weighted by Gasteiger charge is -2.33. The molecule has 0 spiro atoms. The minimum atomic E-state index is -4.26. The van der Waals surface area contributed by atoms with Crippen molar-refractivity contribution >= 4 is 26.1 Å². The molecule has 0 bridgehead atoms. The van der Waals surface area contributed by atoms with E-state index < -0.39 is 52.9 Å². The Bertz CT molecular complexity index is 1080. The van der Waals surface area contributed by atoms with Gasteiger partial charge in [0.25, 0.3) is 0 Å².